The van der Waals surface area contributed by atoms with Gasteiger partial charge in [-0.05, 0) is 37.1 Å². The Balaban J connectivity index is 2.28. The van der Waals surface area contributed by atoms with Gasteiger partial charge in [-0.25, -0.2) is 0 Å². The minimum absolute atomic E-state index is 0.0633. The summed E-state index contributed by atoms with van der Waals surface area (Å²) in [4.78, 5) is 12.6. The van der Waals surface area contributed by atoms with Crippen LogP contribution in [-0.2, 0) is 9.53 Å². The van der Waals surface area contributed by atoms with Crippen molar-refractivity contribution < 1.29 is 22.7 Å². The molecule has 0 saturated heterocycles. The SMILES string of the molecule is Cc1cc(SCC(=O)NCCOCC(F)(F)F)c(C)cc1Br. The fourth-order valence-corrected chi connectivity index (χ4v) is 2.95. The van der Waals surface area contributed by atoms with E-state index < -0.39 is 12.8 Å². The van der Waals surface area contributed by atoms with Crippen LogP contribution >= 0.6 is 27.7 Å². The van der Waals surface area contributed by atoms with E-state index >= 15 is 0 Å². The maximum Gasteiger partial charge on any atom is 0.411 e. The van der Waals surface area contributed by atoms with E-state index in [0.717, 1.165) is 20.5 Å². The Morgan fingerprint density at radius 3 is 2.64 bits per heavy atom. The lowest BCUT2D eigenvalue weighted by Gasteiger charge is -2.10. The van der Waals surface area contributed by atoms with Crippen LogP contribution in [0, 0.1) is 13.8 Å². The molecule has 0 fully saturated rings. The molecule has 1 aromatic rings. The average Bonchev–Trinajstić information content (AvgIpc) is 2.39. The van der Waals surface area contributed by atoms with E-state index in [1.54, 1.807) is 0 Å². The van der Waals surface area contributed by atoms with E-state index in [0.29, 0.717) is 0 Å². The number of hydrogen-bond donors (Lipinski definition) is 1. The Bertz CT molecular complexity index is 524. The number of aryl methyl sites for hydroxylation is 2. The van der Waals surface area contributed by atoms with E-state index in [-0.39, 0.29) is 24.8 Å². The highest BCUT2D eigenvalue weighted by molar-refractivity contribution is 9.10. The van der Waals surface area contributed by atoms with Crippen LogP contribution in [0.2, 0.25) is 0 Å². The number of amides is 1. The minimum Gasteiger partial charge on any atom is -0.370 e. The number of nitrogens with one attached hydrogen (secondary N) is 1. The third kappa shape index (κ3) is 7.51. The van der Waals surface area contributed by atoms with Crippen molar-refractivity contribution in [3.05, 3.63) is 27.7 Å². The summed E-state index contributed by atoms with van der Waals surface area (Å²) in [5.74, 6) is -0.0261. The molecule has 0 aliphatic heterocycles. The van der Waals surface area contributed by atoms with Gasteiger partial charge in [-0.15, -0.1) is 11.8 Å². The average molecular weight is 400 g/mol. The molecule has 124 valence electrons. The molecule has 0 saturated carbocycles. The van der Waals surface area contributed by atoms with Crippen LogP contribution in [0.15, 0.2) is 21.5 Å². The van der Waals surface area contributed by atoms with Gasteiger partial charge in [0, 0.05) is 15.9 Å². The maximum atomic E-state index is 11.8. The molecule has 1 aromatic carbocycles. The third-order valence-electron chi connectivity index (χ3n) is 2.65. The first-order chi connectivity index (χ1) is 10.2. The molecular weight excluding hydrogens is 383 g/mol. The first-order valence-electron chi connectivity index (χ1n) is 6.50. The predicted molar refractivity (Wildman–Crippen MR) is 84.2 cm³/mol. The Kier molecular flexibility index (Phi) is 7.71. The smallest absolute Gasteiger partial charge is 0.370 e. The van der Waals surface area contributed by atoms with Crippen molar-refractivity contribution in [2.45, 2.75) is 24.9 Å². The van der Waals surface area contributed by atoms with Gasteiger partial charge in [0.2, 0.25) is 5.91 Å². The highest BCUT2D eigenvalue weighted by Crippen LogP contribution is 2.28. The van der Waals surface area contributed by atoms with Crippen molar-refractivity contribution in [2.75, 3.05) is 25.5 Å². The van der Waals surface area contributed by atoms with Crippen LogP contribution in [0.1, 0.15) is 11.1 Å². The van der Waals surface area contributed by atoms with Gasteiger partial charge >= 0.3 is 6.18 Å². The highest BCUT2D eigenvalue weighted by Gasteiger charge is 2.27. The number of hydrogen-bond acceptors (Lipinski definition) is 3. The molecule has 1 rings (SSSR count). The number of ether oxygens (including phenoxy) is 1. The zero-order valence-corrected chi connectivity index (χ0v) is 14.6. The van der Waals surface area contributed by atoms with Crippen LogP contribution in [0.3, 0.4) is 0 Å². The van der Waals surface area contributed by atoms with Crippen molar-refractivity contribution in [3.8, 4) is 0 Å². The number of rotatable bonds is 7. The van der Waals surface area contributed by atoms with Crippen molar-refractivity contribution >= 4 is 33.6 Å². The molecule has 0 radical (unpaired) electrons. The van der Waals surface area contributed by atoms with Crippen molar-refractivity contribution in [2.24, 2.45) is 0 Å². The number of carbonyl (C=O) groups is 1. The van der Waals surface area contributed by atoms with Gasteiger partial charge in [0.15, 0.2) is 0 Å². The molecule has 1 amide bonds. The van der Waals surface area contributed by atoms with Gasteiger partial charge in [0.05, 0.1) is 12.4 Å². The summed E-state index contributed by atoms with van der Waals surface area (Å²) in [6.07, 6.45) is -4.34. The Hall–Kier alpha value is -0.730. The highest BCUT2D eigenvalue weighted by atomic mass is 79.9. The summed E-state index contributed by atoms with van der Waals surface area (Å²) >= 11 is 4.83. The topological polar surface area (TPSA) is 38.3 Å². The van der Waals surface area contributed by atoms with Gasteiger partial charge in [-0.3, -0.25) is 4.79 Å². The van der Waals surface area contributed by atoms with Crippen LogP contribution in [-0.4, -0.2) is 37.6 Å². The van der Waals surface area contributed by atoms with Crippen molar-refractivity contribution in [3.63, 3.8) is 0 Å². The molecule has 0 spiro atoms. The molecule has 0 heterocycles. The van der Waals surface area contributed by atoms with E-state index in [9.17, 15) is 18.0 Å². The second-order valence-corrected chi connectivity index (χ2v) is 6.54. The Morgan fingerprint density at radius 1 is 1.32 bits per heavy atom. The van der Waals surface area contributed by atoms with Crippen LogP contribution in [0.5, 0.6) is 0 Å². The molecular formula is C14H17BrF3NO2S. The van der Waals surface area contributed by atoms with Crippen molar-refractivity contribution in [1.82, 2.24) is 5.32 Å². The zero-order valence-electron chi connectivity index (χ0n) is 12.2. The summed E-state index contributed by atoms with van der Waals surface area (Å²) in [6, 6.07) is 3.98. The Morgan fingerprint density at radius 2 is 2.00 bits per heavy atom. The summed E-state index contributed by atoms with van der Waals surface area (Å²) in [6.45, 7) is 2.52. The second kappa shape index (κ2) is 8.79. The number of halogens is 4. The molecule has 0 atom stereocenters. The standard InChI is InChI=1S/C14H17BrF3NO2S/c1-9-6-12(10(2)5-11(9)15)22-7-13(20)19-3-4-21-8-14(16,17)18/h5-6H,3-4,7-8H2,1-2H3,(H,19,20). The van der Waals surface area contributed by atoms with E-state index in [2.05, 4.69) is 26.0 Å². The quantitative estimate of drug-likeness (QED) is 0.558. The number of alkyl halides is 3. The molecule has 0 unspecified atom stereocenters. The number of thioether (sulfide) groups is 1. The molecule has 3 nitrogen and oxygen atoms in total. The van der Waals surface area contributed by atoms with Gasteiger partial charge in [0.1, 0.15) is 6.61 Å². The summed E-state index contributed by atoms with van der Waals surface area (Å²) in [5.41, 5.74) is 2.14. The minimum atomic E-state index is -4.34. The second-order valence-electron chi connectivity index (χ2n) is 4.67. The van der Waals surface area contributed by atoms with E-state index in [1.165, 1.54) is 11.8 Å². The first kappa shape index (κ1) is 19.3. The lowest BCUT2D eigenvalue weighted by molar-refractivity contribution is -0.173. The molecule has 0 bridgehead atoms. The molecule has 0 aliphatic carbocycles. The molecule has 22 heavy (non-hydrogen) atoms. The van der Waals surface area contributed by atoms with Crippen LogP contribution < -0.4 is 5.32 Å². The lowest BCUT2D eigenvalue weighted by Crippen LogP contribution is -2.30. The monoisotopic (exact) mass is 399 g/mol. The number of carbonyl (C=O) groups excluding carboxylic acids is 1. The van der Waals surface area contributed by atoms with E-state index in [4.69, 9.17) is 0 Å². The van der Waals surface area contributed by atoms with Gasteiger partial charge in [-0.1, -0.05) is 15.9 Å². The predicted octanol–water partition coefficient (Wildman–Crippen LogP) is 3.85. The zero-order chi connectivity index (χ0) is 16.8. The fourth-order valence-electron chi connectivity index (χ4n) is 1.55. The lowest BCUT2D eigenvalue weighted by atomic mass is 10.2. The fraction of sp³-hybridized carbons (Fsp3) is 0.500. The first-order valence-corrected chi connectivity index (χ1v) is 8.27. The molecule has 0 aromatic heterocycles. The molecule has 8 heteroatoms. The largest absolute Gasteiger partial charge is 0.411 e. The normalized spacial score (nSPS) is 11.5. The van der Waals surface area contributed by atoms with Crippen molar-refractivity contribution in [1.29, 1.82) is 0 Å². The van der Waals surface area contributed by atoms with Gasteiger partial charge in [-0.2, -0.15) is 13.2 Å². The summed E-state index contributed by atoms with van der Waals surface area (Å²) in [7, 11) is 0. The van der Waals surface area contributed by atoms with E-state index in [1.807, 2.05) is 26.0 Å². The number of benzene rings is 1. The van der Waals surface area contributed by atoms with Crippen LogP contribution in [0.25, 0.3) is 0 Å². The summed E-state index contributed by atoms with van der Waals surface area (Å²) in [5, 5.41) is 2.52. The molecule has 0 aliphatic rings. The summed E-state index contributed by atoms with van der Waals surface area (Å²) < 4.78 is 40.9. The van der Waals surface area contributed by atoms with Gasteiger partial charge < -0.3 is 10.1 Å². The Labute approximate surface area is 140 Å². The third-order valence-corrected chi connectivity index (χ3v) is 4.66. The van der Waals surface area contributed by atoms with Crippen LogP contribution in [0.4, 0.5) is 13.2 Å². The molecule has 1 N–H and O–H groups in total. The maximum absolute atomic E-state index is 11.8. The van der Waals surface area contributed by atoms with Gasteiger partial charge in [0.25, 0.3) is 0 Å².